The zero-order chi connectivity index (χ0) is 9.42. The van der Waals surface area contributed by atoms with E-state index in [1.807, 2.05) is 11.4 Å². The van der Waals surface area contributed by atoms with Crippen LogP contribution in [0.5, 0.6) is 0 Å². The maximum Gasteiger partial charge on any atom is 0.272 e. The molecule has 0 atom stereocenters. The van der Waals surface area contributed by atoms with E-state index in [0.717, 1.165) is 15.8 Å². The third-order valence-corrected chi connectivity index (χ3v) is 2.90. The molecule has 0 unspecified atom stereocenters. The molecule has 4 heteroatoms. The lowest BCUT2D eigenvalue weighted by molar-refractivity contribution is 0.795. The van der Waals surface area contributed by atoms with E-state index in [2.05, 4.69) is 24.0 Å². The molecule has 0 amide bonds. The van der Waals surface area contributed by atoms with Gasteiger partial charge in [-0.05, 0) is 17.4 Å². The zero-order valence-corrected chi connectivity index (χ0v) is 8.31. The molecule has 0 aliphatic rings. The van der Waals surface area contributed by atoms with Crippen LogP contribution in [0.3, 0.4) is 0 Å². The molecule has 2 aromatic rings. The van der Waals surface area contributed by atoms with Gasteiger partial charge in [-0.1, -0.05) is 13.8 Å². The molecule has 68 valence electrons. The van der Waals surface area contributed by atoms with Crippen molar-refractivity contribution < 1.29 is 0 Å². The molecule has 0 saturated heterocycles. The van der Waals surface area contributed by atoms with Crippen molar-refractivity contribution in [3.05, 3.63) is 27.5 Å². The van der Waals surface area contributed by atoms with E-state index in [4.69, 9.17) is 0 Å². The zero-order valence-electron chi connectivity index (χ0n) is 7.50. The van der Waals surface area contributed by atoms with E-state index >= 15 is 0 Å². The number of aromatic nitrogens is 2. The maximum atomic E-state index is 11.3. The van der Waals surface area contributed by atoms with Gasteiger partial charge in [0.25, 0.3) is 5.56 Å². The van der Waals surface area contributed by atoms with Crippen molar-refractivity contribution in [1.29, 1.82) is 0 Å². The number of H-pyrrole nitrogens is 1. The van der Waals surface area contributed by atoms with Gasteiger partial charge >= 0.3 is 0 Å². The number of fused-ring (bicyclic) bond motifs is 1. The number of nitrogens with one attached hydrogen (secondary N) is 1. The molecular weight excluding hydrogens is 184 g/mol. The van der Waals surface area contributed by atoms with Crippen molar-refractivity contribution in [2.75, 3.05) is 0 Å². The molecule has 2 aromatic heterocycles. The van der Waals surface area contributed by atoms with Crippen LogP contribution < -0.4 is 5.56 Å². The Morgan fingerprint density at radius 3 is 3.00 bits per heavy atom. The maximum absolute atomic E-state index is 11.3. The normalized spacial score (nSPS) is 11.3. The summed E-state index contributed by atoms with van der Waals surface area (Å²) >= 11 is 1.57. The number of aromatic amines is 1. The van der Waals surface area contributed by atoms with Crippen molar-refractivity contribution in [2.24, 2.45) is 0 Å². The number of hydrogen-bond donors (Lipinski definition) is 1. The first kappa shape index (κ1) is 8.44. The largest absolute Gasteiger partial charge is 0.272 e. The molecule has 0 aliphatic carbocycles. The smallest absolute Gasteiger partial charge is 0.267 e. The summed E-state index contributed by atoms with van der Waals surface area (Å²) in [6.45, 7) is 4.14. The van der Waals surface area contributed by atoms with Crippen molar-refractivity contribution in [3.8, 4) is 0 Å². The van der Waals surface area contributed by atoms with Crippen LogP contribution in [0.1, 0.15) is 25.5 Å². The van der Waals surface area contributed by atoms with Gasteiger partial charge in [-0.2, -0.15) is 5.10 Å². The second kappa shape index (κ2) is 2.96. The van der Waals surface area contributed by atoms with Crippen molar-refractivity contribution in [2.45, 2.75) is 19.8 Å². The third-order valence-electron chi connectivity index (χ3n) is 1.97. The number of thiophene rings is 1. The van der Waals surface area contributed by atoms with Crippen LogP contribution in [0.25, 0.3) is 10.1 Å². The Labute approximate surface area is 79.4 Å². The second-order valence-electron chi connectivity index (χ2n) is 3.26. The number of hydrogen-bond acceptors (Lipinski definition) is 3. The molecule has 2 heterocycles. The van der Waals surface area contributed by atoms with E-state index in [0.29, 0.717) is 5.92 Å². The first-order valence-electron chi connectivity index (χ1n) is 4.16. The van der Waals surface area contributed by atoms with Gasteiger partial charge < -0.3 is 0 Å². The standard InChI is InChI=1S/C9H10N2OS/c1-5(2)7-8-6(3-4-13-8)9(12)11-10-7/h3-5H,1-2H3,(H,11,12). The molecule has 0 saturated carbocycles. The van der Waals surface area contributed by atoms with E-state index in [1.54, 1.807) is 11.3 Å². The van der Waals surface area contributed by atoms with Gasteiger partial charge in [0.2, 0.25) is 0 Å². The Kier molecular flexibility index (Phi) is 1.92. The number of rotatable bonds is 1. The fourth-order valence-electron chi connectivity index (χ4n) is 1.30. The van der Waals surface area contributed by atoms with Crippen LogP contribution in [-0.4, -0.2) is 10.2 Å². The third kappa shape index (κ3) is 1.27. The van der Waals surface area contributed by atoms with Crippen molar-refractivity contribution >= 4 is 21.4 Å². The summed E-state index contributed by atoms with van der Waals surface area (Å²) in [5.74, 6) is 0.345. The summed E-state index contributed by atoms with van der Waals surface area (Å²) in [7, 11) is 0. The SMILES string of the molecule is CC(C)c1n[nH]c(=O)c2ccsc12. The van der Waals surface area contributed by atoms with Gasteiger partial charge in [-0.25, -0.2) is 5.10 Å². The Morgan fingerprint density at radius 2 is 2.31 bits per heavy atom. The predicted octanol–water partition coefficient (Wildman–Crippen LogP) is 2.11. The Morgan fingerprint density at radius 1 is 1.54 bits per heavy atom. The second-order valence-corrected chi connectivity index (χ2v) is 4.17. The molecule has 0 aromatic carbocycles. The van der Waals surface area contributed by atoms with E-state index in [9.17, 15) is 4.79 Å². The van der Waals surface area contributed by atoms with E-state index < -0.39 is 0 Å². The monoisotopic (exact) mass is 194 g/mol. The van der Waals surface area contributed by atoms with Crippen LogP contribution in [0.4, 0.5) is 0 Å². The van der Waals surface area contributed by atoms with Gasteiger partial charge in [-0.15, -0.1) is 11.3 Å². The highest BCUT2D eigenvalue weighted by molar-refractivity contribution is 7.17. The molecule has 3 nitrogen and oxygen atoms in total. The topological polar surface area (TPSA) is 45.8 Å². The van der Waals surface area contributed by atoms with E-state index in [1.165, 1.54) is 0 Å². The summed E-state index contributed by atoms with van der Waals surface area (Å²) in [4.78, 5) is 11.3. The van der Waals surface area contributed by atoms with Crippen LogP contribution in [0, 0.1) is 0 Å². The van der Waals surface area contributed by atoms with E-state index in [-0.39, 0.29) is 5.56 Å². The Bertz CT molecular complexity index is 484. The van der Waals surface area contributed by atoms with Crippen LogP contribution in [-0.2, 0) is 0 Å². The van der Waals surface area contributed by atoms with Crippen LogP contribution >= 0.6 is 11.3 Å². The predicted molar refractivity (Wildman–Crippen MR) is 54.3 cm³/mol. The summed E-state index contributed by atoms with van der Waals surface area (Å²) in [5, 5.41) is 9.24. The minimum absolute atomic E-state index is 0.0966. The first-order chi connectivity index (χ1) is 6.20. The summed E-state index contributed by atoms with van der Waals surface area (Å²) in [5.41, 5.74) is 0.880. The highest BCUT2D eigenvalue weighted by Crippen LogP contribution is 2.24. The summed E-state index contributed by atoms with van der Waals surface area (Å²) in [6, 6.07) is 1.84. The van der Waals surface area contributed by atoms with Crippen LogP contribution in [0.15, 0.2) is 16.2 Å². The lowest BCUT2D eigenvalue weighted by Gasteiger charge is -2.03. The van der Waals surface area contributed by atoms with Gasteiger partial charge in [0.1, 0.15) is 0 Å². The average molecular weight is 194 g/mol. The van der Waals surface area contributed by atoms with Gasteiger partial charge in [-0.3, -0.25) is 4.79 Å². The molecule has 13 heavy (non-hydrogen) atoms. The van der Waals surface area contributed by atoms with Crippen molar-refractivity contribution in [1.82, 2.24) is 10.2 Å². The molecule has 0 aliphatic heterocycles. The fraction of sp³-hybridized carbons (Fsp3) is 0.333. The van der Waals surface area contributed by atoms with Crippen LogP contribution in [0.2, 0.25) is 0 Å². The molecular formula is C9H10N2OS. The highest BCUT2D eigenvalue weighted by atomic mass is 32.1. The quantitative estimate of drug-likeness (QED) is 0.755. The highest BCUT2D eigenvalue weighted by Gasteiger charge is 2.09. The Balaban J connectivity index is 2.86. The first-order valence-corrected chi connectivity index (χ1v) is 5.04. The number of nitrogens with zero attached hydrogens (tertiary/aromatic N) is 1. The molecule has 0 radical (unpaired) electrons. The molecule has 0 bridgehead atoms. The molecule has 0 spiro atoms. The summed E-state index contributed by atoms with van der Waals surface area (Å²) < 4.78 is 1.01. The minimum Gasteiger partial charge on any atom is -0.267 e. The Hall–Kier alpha value is -1.16. The van der Waals surface area contributed by atoms with Gasteiger partial charge in [0.05, 0.1) is 15.8 Å². The fourth-order valence-corrected chi connectivity index (χ4v) is 2.33. The minimum atomic E-state index is -0.0966. The lowest BCUT2D eigenvalue weighted by Crippen LogP contribution is -2.10. The van der Waals surface area contributed by atoms with Gasteiger partial charge in [0.15, 0.2) is 0 Å². The average Bonchev–Trinajstić information content (AvgIpc) is 2.53. The van der Waals surface area contributed by atoms with Gasteiger partial charge in [0, 0.05) is 0 Å². The van der Waals surface area contributed by atoms with Crippen molar-refractivity contribution in [3.63, 3.8) is 0 Å². The lowest BCUT2D eigenvalue weighted by atomic mass is 10.1. The molecule has 0 fully saturated rings. The molecule has 2 rings (SSSR count). The summed E-state index contributed by atoms with van der Waals surface area (Å²) in [6.07, 6.45) is 0. The molecule has 1 N–H and O–H groups in total.